The van der Waals surface area contributed by atoms with Crippen molar-refractivity contribution >= 4 is 21.6 Å². The van der Waals surface area contributed by atoms with Gasteiger partial charge in [0.05, 0.1) is 11.3 Å². The second kappa shape index (κ2) is 9.47. The van der Waals surface area contributed by atoms with Crippen LogP contribution in [-0.2, 0) is 26.0 Å². The smallest absolute Gasteiger partial charge is 0.240 e. The van der Waals surface area contributed by atoms with E-state index in [9.17, 15) is 13.2 Å². The molecule has 0 aliphatic carbocycles. The Kier molecular flexibility index (Phi) is 7.32. The molecular formula is C19H24N2O4S. The van der Waals surface area contributed by atoms with Crippen molar-refractivity contribution in [2.45, 2.75) is 24.7 Å². The second-order valence-electron chi connectivity index (χ2n) is 5.98. The Morgan fingerprint density at radius 1 is 1.04 bits per heavy atom. The van der Waals surface area contributed by atoms with Crippen molar-refractivity contribution in [1.29, 1.82) is 0 Å². The standard InChI is InChI=1S/C19H24N2O4S/c1-15-4-6-16(7-5-15)14-19(22)21-17-8-10-18(11-9-17)26(23,24)20-12-3-13-25-2/h4-11,20H,3,12-14H2,1-2H3,(H,21,22). The lowest BCUT2D eigenvalue weighted by atomic mass is 10.1. The van der Waals surface area contributed by atoms with Gasteiger partial charge in [-0.25, -0.2) is 13.1 Å². The largest absolute Gasteiger partial charge is 0.385 e. The van der Waals surface area contributed by atoms with Crippen LogP contribution < -0.4 is 10.0 Å². The summed E-state index contributed by atoms with van der Waals surface area (Å²) in [6.07, 6.45) is 0.865. The number of ether oxygens (including phenoxy) is 1. The third-order valence-corrected chi connectivity index (χ3v) is 5.23. The van der Waals surface area contributed by atoms with Crippen molar-refractivity contribution in [3.63, 3.8) is 0 Å². The number of carbonyl (C=O) groups is 1. The molecule has 2 rings (SSSR count). The fourth-order valence-electron chi connectivity index (χ4n) is 2.32. The summed E-state index contributed by atoms with van der Waals surface area (Å²) in [7, 11) is -1.99. The average Bonchev–Trinajstić information content (AvgIpc) is 2.61. The van der Waals surface area contributed by atoms with E-state index in [4.69, 9.17) is 4.74 Å². The van der Waals surface area contributed by atoms with Gasteiger partial charge in [0.2, 0.25) is 15.9 Å². The maximum absolute atomic E-state index is 12.2. The molecule has 0 saturated heterocycles. The first-order valence-electron chi connectivity index (χ1n) is 8.35. The van der Waals surface area contributed by atoms with Gasteiger partial charge in [0.15, 0.2) is 0 Å². The highest BCUT2D eigenvalue weighted by Crippen LogP contribution is 2.14. The van der Waals surface area contributed by atoms with Gasteiger partial charge in [-0.2, -0.15) is 0 Å². The molecule has 0 aromatic heterocycles. The first-order valence-corrected chi connectivity index (χ1v) is 9.83. The molecule has 0 spiro atoms. The molecule has 0 aliphatic rings. The van der Waals surface area contributed by atoms with Crippen LogP contribution in [0.5, 0.6) is 0 Å². The number of methoxy groups -OCH3 is 1. The monoisotopic (exact) mass is 376 g/mol. The Hall–Kier alpha value is -2.22. The molecular weight excluding hydrogens is 352 g/mol. The van der Waals surface area contributed by atoms with E-state index in [0.29, 0.717) is 25.3 Å². The van der Waals surface area contributed by atoms with Gasteiger partial charge in [-0.15, -0.1) is 0 Å². The molecule has 0 radical (unpaired) electrons. The quantitative estimate of drug-likeness (QED) is 0.659. The first-order chi connectivity index (χ1) is 12.4. The van der Waals surface area contributed by atoms with Gasteiger partial charge in [0.25, 0.3) is 0 Å². The molecule has 2 N–H and O–H groups in total. The Balaban J connectivity index is 1.91. The predicted octanol–water partition coefficient (Wildman–Crippen LogP) is 2.49. The number of sulfonamides is 1. The van der Waals surface area contributed by atoms with Gasteiger partial charge in [0, 0.05) is 25.9 Å². The van der Waals surface area contributed by atoms with E-state index in [1.54, 1.807) is 19.2 Å². The number of benzene rings is 2. The maximum atomic E-state index is 12.2. The van der Waals surface area contributed by atoms with Crippen LogP contribution >= 0.6 is 0 Å². The highest BCUT2D eigenvalue weighted by Gasteiger charge is 2.13. The minimum atomic E-state index is -3.56. The number of rotatable bonds is 9. The van der Waals surface area contributed by atoms with Crippen molar-refractivity contribution in [2.75, 3.05) is 25.6 Å². The van der Waals surface area contributed by atoms with Crippen molar-refractivity contribution < 1.29 is 17.9 Å². The number of amides is 1. The summed E-state index contributed by atoms with van der Waals surface area (Å²) in [6, 6.07) is 13.9. The topological polar surface area (TPSA) is 84.5 Å². The van der Waals surface area contributed by atoms with Crippen molar-refractivity contribution in [2.24, 2.45) is 0 Å². The van der Waals surface area contributed by atoms with Gasteiger partial charge in [-0.3, -0.25) is 4.79 Å². The summed E-state index contributed by atoms with van der Waals surface area (Å²) < 4.78 is 31.7. The minimum absolute atomic E-state index is 0.151. The lowest BCUT2D eigenvalue weighted by Gasteiger charge is -2.09. The number of anilines is 1. The summed E-state index contributed by atoms with van der Waals surface area (Å²) in [6.45, 7) is 2.80. The van der Waals surface area contributed by atoms with Crippen LogP contribution in [0, 0.1) is 6.92 Å². The normalized spacial score (nSPS) is 11.3. The molecule has 0 atom stereocenters. The molecule has 140 valence electrons. The lowest BCUT2D eigenvalue weighted by molar-refractivity contribution is -0.115. The van der Waals surface area contributed by atoms with Crippen LogP contribution in [0.2, 0.25) is 0 Å². The summed E-state index contributed by atoms with van der Waals surface area (Å²) in [5.41, 5.74) is 2.62. The molecule has 0 unspecified atom stereocenters. The van der Waals surface area contributed by atoms with Crippen LogP contribution in [0.4, 0.5) is 5.69 Å². The van der Waals surface area contributed by atoms with Crippen molar-refractivity contribution in [1.82, 2.24) is 4.72 Å². The predicted molar refractivity (Wildman–Crippen MR) is 102 cm³/mol. The fraction of sp³-hybridized carbons (Fsp3) is 0.316. The molecule has 26 heavy (non-hydrogen) atoms. The van der Waals surface area contributed by atoms with E-state index < -0.39 is 10.0 Å². The van der Waals surface area contributed by atoms with E-state index >= 15 is 0 Å². The molecule has 0 bridgehead atoms. The Morgan fingerprint density at radius 2 is 1.69 bits per heavy atom. The first kappa shape index (κ1) is 20.1. The number of hydrogen-bond acceptors (Lipinski definition) is 4. The van der Waals surface area contributed by atoms with Gasteiger partial charge < -0.3 is 10.1 Å². The van der Waals surface area contributed by atoms with E-state index in [1.165, 1.54) is 12.1 Å². The maximum Gasteiger partial charge on any atom is 0.240 e. The van der Waals surface area contributed by atoms with Gasteiger partial charge in [-0.1, -0.05) is 29.8 Å². The van der Waals surface area contributed by atoms with E-state index in [1.807, 2.05) is 31.2 Å². The SMILES string of the molecule is COCCCNS(=O)(=O)c1ccc(NC(=O)Cc2ccc(C)cc2)cc1. The van der Waals surface area contributed by atoms with Crippen LogP contribution in [0.25, 0.3) is 0 Å². The summed E-state index contributed by atoms with van der Waals surface area (Å²) >= 11 is 0. The van der Waals surface area contributed by atoms with Gasteiger partial charge in [0.1, 0.15) is 0 Å². The second-order valence-corrected chi connectivity index (χ2v) is 7.75. The molecule has 0 saturated carbocycles. The summed E-state index contributed by atoms with van der Waals surface area (Å²) in [5.74, 6) is -0.151. The Labute approximate surface area is 154 Å². The molecule has 0 aliphatic heterocycles. The molecule has 7 heteroatoms. The molecule has 0 fully saturated rings. The third kappa shape index (κ3) is 6.25. The van der Waals surface area contributed by atoms with Crippen LogP contribution in [-0.4, -0.2) is 34.6 Å². The molecule has 2 aromatic rings. The van der Waals surface area contributed by atoms with Crippen molar-refractivity contribution in [3.8, 4) is 0 Å². The van der Waals surface area contributed by atoms with E-state index in [-0.39, 0.29) is 17.2 Å². The highest BCUT2D eigenvalue weighted by atomic mass is 32.2. The van der Waals surface area contributed by atoms with Crippen LogP contribution in [0.15, 0.2) is 53.4 Å². The Bertz CT molecular complexity index is 816. The Morgan fingerprint density at radius 3 is 2.31 bits per heavy atom. The minimum Gasteiger partial charge on any atom is -0.385 e. The zero-order chi connectivity index (χ0) is 19.0. The van der Waals surface area contributed by atoms with Gasteiger partial charge in [-0.05, 0) is 43.2 Å². The van der Waals surface area contributed by atoms with E-state index in [0.717, 1.165) is 11.1 Å². The fourth-order valence-corrected chi connectivity index (χ4v) is 3.39. The molecule has 6 nitrogen and oxygen atoms in total. The zero-order valence-electron chi connectivity index (χ0n) is 15.0. The summed E-state index contributed by atoms with van der Waals surface area (Å²) in [5, 5.41) is 2.77. The number of aryl methyl sites for hydroxylation is 1. The highest BCUT2D eigenvalue weighted by molar-refractivity contribution is 7.89. The number of carbonyl (C=O) groups excluding carboxylic acids is 1. The van der Waals surface area contributed by atoms with Crippen LogP contribution in [0.1, 0.15) is 17.5 Å². The molecule has 1 amide bonds. The number of hydrogen-bond donors (Lipinski definition) is 2. The third-order valence-electron chi connectivity index (χ3n) is 3.75. The lowest BCUT2D eigenvalue weighted by Crippen LogP contribution is -2.25. The average molecular weight is 376 g/mol. The molecule has 2 aromatic carbocycles. The van der Waals surface area contributed by atoms with Crippen LogP contribution in [0.3, 0.4) is 0 Å². The van der Waals surface area contributed by atoms with Crippen molar-refractivity contribution in [3.05, 3.63) is 59.7 Å². The van der Waals surface area contributed by atoms with E-state index in [2.05, 4.69) is 10.0 Å². The summed E-state index contributed by atoms with van der Waals surface area (Å²) in [4.78, 5) is 12.3. The van der Waals surface area contributed by atoms with Gasteiger partial charge >= 0.3 is 0 Å². The number of nitrogens with one attached hydrogen (secondary N) is 2. The zero-order valence-corrected chi connectivity index (χ0v) is 15.8. The molecule has 0 heterocycles.